The van der Waals surface area contributed by atoms with E-state index >= 15 is 0 Å². The lowest BCUT2D eigenvalue weighted by molar-refractivity contribution is 0.0917. The zero-order valence-corrected chi connectivity index (χ0v) is 10.3. The quantitative estimate of drug-likeness (QED) is 0.877. The standard InChI is InChI=1S/C11H13N3O2S/c1-2-8-7-17-10(14-8)4-5-12-11(15)9-3-6-13-16-9/h3,6-7H,2,4-5H2,1H3,(H,12,15). The molecule has 0 aromatic carbocycles. The fraction of sp³-hybridized carbons (Fsp3) is 0.364. The van der Waals surface area contributed by atoms with Crippen LogP contribution in [0.1, 0.15) is 28.2 Å². The lowest BCUT2D eigenvalue weighted by atomic mass is 10.3. The number of thiazole rings is 1. The number of carbonyl (C=O) groups is 1. The molecule has 5 nitrogen and oxygen atoms in total. The van der Waals surface area contributed by atoms with Gasteiger partial charge in [0.2, 0.25) is 5.76 Å². The zero-order valence-electron chi connectivity index (χ0n) is 9.47. The molecule has 0 aliphatic rings. The molecule has 2 aromatic heterocycles. The molecule has 2 aromatic rings. The van der Waals surface area contributed by atoms with Gasteiger partial charge in [-0.2, -0.15) is 0 Å². The van der Waals surface area contributed by atoms with Gasteiger partial charge in [0.15, 0.2) is 0 Å². The Hall–Kier alpha value is -1.69. The van der Waals surface area contributed by atoms with Crippen molar-refractivity contribution in [2.75, 3.05) is 6.54 Å². The van der Waals surface area contributed by atoms with Crippen molar-refractivity contribution in [1.82, 2.24) is 15.5 Å². The number of rotatable bonds is 5. The fourth-order valence-electron chi connectivity index (χ4n) is 1.33. The van der Waals surface area contributed by atoms with Crippen LogP contribution in [-0.4, -0.2) is 22.6 Å². The maximum absolute atomic E-state index is 11.5. The fourth-order valence-corrected chi connectivity index (χ4v) is 2.21. The average molecular weight is 251 g/mol. The number of nitrogens with one attached hydrogen (secondary N) is 1. The van der Waals surface area contributed by atoms with Crippen LogP contribution < -0.4 is 5.32 Å². The van der Waals surface area contributed by atoms with E-state index in [2.05, 4.69) is 22.4 Å². The van der Waals surface area contributed by atoms with E-state index in [1.54, 1.807) is 11.3 Å². The SMILES string of the molecule is CCc1csc(CCNC(=O)c2ccno2)n1. The molecule has 2 rings (SSSR count). The molecule has 0 bridgehead atoms. The molecule has 17 heavy (non-hydrogen) atoms. The van der Waals surface area contributed by atoms with Crippen LogP contribution in [0.2, 0.25) is 0 Å². The largest absolute Gasteiger partial charge is 0.351 e. The number of carbonyl (C=O) groups excluding carboxylic acids is 1. The summed E-state index contributed by atoms with van der Waals surface area (Å²) in [5.41, 5.74) is 1.10. The highest BCUT2D eigenvalue weighted by Crippen LogP contribution is 2.10. The summed E-state index contributed by atoms with van der Waals surface area (Å²) >= 11 is 1.63. The lowest BCUT2D eigenvalue weighted by Gasteiger charge is -1.99. The number of hydrogen-bond acceptors (Lipinski definition) is 5. The summed E-state index contributed by atoms with van der Waals surface area (Å²) in [6, 6.07) is 1.54. The van der Waals surface area contributed by atoms with Crippen LogP contribution in [0.15, 0.2) is 22.2 Å². The van der Waals surface area contributed by atoms with Gasteiger partial charge in [0, 0.05) is 24.4 Å². The Balaban J connectivity index is 1.78. The maximum atomic E-state index is 11.5. The summed E-state index contributed by atoms with van der Waals surface area (Å²) in [6.07, 6.45) is 3.13. The molecular formula is C11H13N3O2S. The molecule has 0 saturated heterocycles. The first kappa shape index (κ1) is 11.8. The van der Waals surface area contributed by atoms with E-state index < -0.39 is 0 Å². The van der Waals surface area contributed by atoms with Gasteiger partial charge in [0.25, 0.3) is 5.91 Å². The molecular weight excluding hydrogens is 238 g/mol. The van der Waals surface area contributed by atoms with Gasteiger partial charge in [0.05, 0.1) is 16.9 Å². The maximum Gasteiger partial charge on any atom is 0.289 e. The first-order valence-corrected chi connectivity index (χ1v) is 6.29. The number of hydrogen-bond donors (Lipinski definition) is 1. The van der Waals surface area contributed by atoms with Crippen LogP contribution >= 0.6 is 11.3 Å². The number of aromatic nitrogens is 2. The highest BCUT2D eigenvalue weighted by atomic mass is 32.1. The second-order valence-electron chi connectivity index (χ2n) is 3.47. The van der Waals surface area contributed by atoms with E-state index in [4.69, 9.17) is 4.52 Å². The third-order valence-electron chi connectivity index (χ3n) is 2.25. The Morgan fingerprint density at radius 2 is 2.47 bits per heavy atom. The van der Waals surface area contributed by atoms with Gasteiger partial charge in [-0.3, -0.25) is 4.79 Å². The Morgan fingerprint density at radius 1 is 1.59 bits per heavy atom. The van der Waals surface area contributed by atoms with Gasteiger partial charge in [-0.05, 0) is 6.42 Å². The molecule has 0 saturated carbocycles. The normalized spacial score (nSPS) is 10.4. The minimum Gasteiger partial charge on any atom is -0.351 e. The number of amides is 1. The molecule has 0 atom stereocenters. The topological polar surface area (TPSA) is 68.0 Å². The molecule has 0 fully saturated rings. The summed E-state index contributed by atoms with van der Waals surface area (Å²) in [5.74, 6) is -0.00634. The first-order chi connectivity index (χ1) is 8.29. The summed E-state index contributed by atoms with van der Waals surface area (Å²) < 4.78 is 4.74. The Kier molecular flexibility index (Phi) is 3.87. The van der Waals surface area contributed by atoms with Crippen LogP contribution in [0.3, 0.4) is 0 Å². The van der Waals surface area contributed by atoms with Gasteiger partial charge >= 0.3 is 0 Å². The number of aryl methyl sites for hydroxylation is 1. The molecule has 0 aliphatic carbocycles. The van der Waals surface area contributed by atoms with Gasteiger partial charge in [0.1, 0.15) is 0 Å². The average Bonchev–Trinajstić information content (AvgIpc) is 3.00. The van der Waals surface area contributed by atoms with Crippen LogP contribution in [-0.2, 0) is 12.8 Å². The van der Waals surface area contributed by atoms with Crippen LogP contribution in [0.5, 0.6) is 0 Å². The first-order valence-electron chi connectivity index (χ1n) is 5.41. The second kappa shape index (κ2) is 5.58. The Morgan fingerprint density at radius 3 is 3.12 bits per heavy atom. The van der Waals surface area contributed by atoms with Crippen molar-refractivity contribution < 1.29 is 9.32 Å². The predicted octanol–water partition coefficient (Wildman–Crippen LogP) is 1.67. The molecule has 6 heteroatoms. The van der Waals surface area contributed by atoms with Gasteiger partial charge in [-0.1, -0.05) is 12.1 Å². The van der Waals surface area contributed by atoms with Crippen LogP contribution in [0, 0.1) is 0 Å². The van der Waals surface area contributed by atoms with Crippen molar-refractivity contribution in [1.29, 1.82) is 0 Å². The van der Waals surface area contributed by atoms with E-state index in [1.165, 1.54) is 12.3 Å². The molecule has 1 amide bonds. The highest BCUT2D eigenvalue weighted by Gasteiger charge is 2.08. The van der Waals surface area contributed by atoms with Gasteiger partial charge in [-0.15, -0.1) is 11.3 Å². The summed E-state index contributed by atoms with van der Waals surface area (Å²) in [6.45, 7) is 2.63. The predicted molar refractivity (Wildman–Crippen MR) is 64.0 cm³/mol. The van der Waals surface area contributed by atoms with Crippen LogP contribution in [0.4, 0.5) is 0 Å². The molecule has 0 aliphatic heterocycles. The summed E-state index contributed by atoms with van der Waals surface area (Å²) in [5, 5.41) is 9.32. The highest BCUT2D eigenvalue weighted by molar-refractivity contribution is 7.09. The van der Waals surface area contributed by atoms with Crippen LogP contribution in [0.25, 0.3) is 0 Å². The van der Waals surface area contributed by atoms with E-state index in [1.807, 2.05) is 5.38 Å². The Labute approximate surface area is 103 Å². The molecule has 0 unspecified atom stereocenters. The van der Waals surface area contributed by atoms with Crippen molar-refractivity contribution in [2.24, 2.45) is 0 Å². The van der Waals surface area contributed by atoms with E-state index in [-0.39, 0.29) is 11.7 Å². The van der Waals surface area contributed by atoms with Gasteiger partial charge < -0.3 is 9.84 Å². The second-order valence-corrected chi connectivity index (χ2v) is 4.41. The minimum absolute atomic E-state index is 0.235. The smallest absolute Gasteiger partial charge is 0.289 e. The zero-order chi connectivity index (χ0) is 12.1. The van der Waals surface area contributed by atoms with Gasteiger partial charge in [-0.25, -0.2) is 4.98 Å². The van der Waals surface area contributed by atoms with Crippen molar-refractivity contribution in [3.8, 4) is 0 Å². The minimum atomic E-state index is -0.241. The summed E-state index contributed by atoms with van der Waals surface area (Å²) in [7, 11) is 0. The Bertz CT molecular complexity index is 479. The van der Waals surface area contributed by atoms with Crippen molar-refractivity contribution >= 4 is 17.2 Å². The third kappa shape index (κ3) is 3.13. The molecule has 2 heterocycles. The van der Waals surface area contributed by atoms with E-state index in [0.29, 0.717) is 6.54 Å². The molecule has 0 radical (unpaired) electrons. The lowest BCUT2D eigenvalue weighted by Crippen LogP contribution is -2.25. The van der Waals surface area contributed by atoms with Crippen molar-refractivity contribution in [3.05, 3.63) is 34.1 Å². The number of nitrogens with zero attached hydrogens (tertiary/aromatic N) is 2. The summed E-state index contributed by atoms with van der Waals surface area (Å²) in [4.78, 5) is 15.9. The monoisotopic (exact) mass is 251 g/mol. The molecule has 90 valence electrons. The van der Waals surface area contributed by atoms with Crippen molar-refractivity contribution in [3.63, 3.8) is 0 Å². The van der Waals surface area contributed by atoms with E-state index in [0.717, 1.165) is 23.5 Å². The van der Waals surface area contributed by atoms with E-state index in [9.17, 15) is 4.79 Å². The third-order valence-corrected chi connectivity index (χ3v) is 3.20. The molecule has 0 spiro atoms. The molecule has 1 N–H and O–H groups in total. The van der Waals surface area contributed by atoms with Crippen molar-refractivity contribution in [2.45, 2.75) is 19.8 Å².